The van der Waals surface area contributed by atoms with Gasteiger partial charge in [-0.25, -0.2) is 5.01 Å². The molecular formula is C7H16N2O. The Hall–Kier alpha value is -0.120. The molecule has 0 aliphatic carbocycles. The predicted octanol–water partition coefficient (Wildman–Crippen LogP) is -0.0471. The lowest BCUT2D eigenvalue weighted by atomic mass is 9.91. The first-order valence-corrected chi connectivity index (χ1v) is 3.72. The molecule has 10 heavy (non-hydrogen) atoms. The second-order valence-electron chi connectivity index (χ2n) is 3.63. The van der Waals surface area contributed by atoms with E-state index in [4.69, 9.17) is 5.84 Å². The molecule has 1 aliphatic heterocycles. The summed E-state index contributed by atoms with van der Waals surface area (Å²) >= 11 is 0. The van der Waals surface area contributed by atoms with E-state index in [1.165, 1.54) is 0 Å². The van der Waals surface area contributed by atoms with Crippen molar-refractivity contribution >= 4 is 0 Å². The minimum Gasteiger partial charge on any atom is -0.390 e. The number of hydrogen-bond acceptors (Lipinski definition) is 3. The van der Waals surface area contributed by atoms with Gasteiger partial charge in [-0.2, -0.15) is 0 Å². The Bertz CT molecular complexity index is 119. The third-order valence-corrected chi connectivity index (χ3v) is 2.22. The molecule has 1 saturated heterocycles. The summed E-state index contributed by atoms with van der Waals surface area (Å²) in [5, 5.41) is 11.3. The standard InChI is InChI=1S/C7H16N2O/c1-7(2,10)6-3-4-9(8)5-6/h6,10H,3-5,8H2,1-2H3/t6-/m0/s1. The maximum atomic E-state index is 9.55. The number of hydrogen-bond donors (Lipinski definition) is 2. The monoisotopic (exact) mass is 144 g/mol. The summed E-state index contributed by atoms with van der Waals surface area (Å²) in [6.45, 7) is 5.42. The van der Waals surface area contributed by atoms with Gasteiger partial charge in [0.2, 0.25) is 0 Å². The van der Waals surface area contributed by atoms with Gasteiger partial charge in [0.05, 0.1) is 5.60 Å². The molecule has 60 valence electrons. The molecule has 3 nitrogen and oxygen atoms in total. The van der Waals surface area contributed by atoms with Crippen LogP contribution in [0.4, 0.5) is 0 Å². The summed E-state index contributed by atoms with van der Waals surface area (Å²) in [6.07, 6.45) is 1.01. The minimum atomic E-state index is -0.561. The van der Waals surface area contributed by atoms with Crippen molar-refractivity contribution < 1.29 is 5.11 Å². The number of rotatable bonds is 1. The van der Waals surface area contributed by atoms with E-state index in [0.29, 0.717) is 5.92 Å². The fourth-order valence-corrected chi connectivity index (χ4v) is 1.36. The normalized spacial score (nSPS) is 29.4. The molecule has 1 aliphatic rings. The summed E-state index contributed by atoms with van der Waals surface area (Å²) < 4.78 is 0. The van der Waals surface area contributed by atoms with Gasteiger partial charge in [0.25, 0.3) is 0 Å². The van der Waals surface area contributed by atoms with Crippen molar-refractivity contribution in [2.24, 2.45) is 11.8 Å². The second kappa shape index (κ2) is 2.49. The Morgan fingerprint density at radius 3 is 2.40 bits per heavy atom. The molecule has 0 aromatic rings. The molecule has 0 spiro atoms. The van der Waals surface area contributed by atoms with Crippen molar-refractivity contribution in [3.8, 4) is 0 Å². The first kappa shape index (κ1) is 7.98. The van der Waals surface area contributed by atoms with E-state index in [1.807, 2.05) is 13.8 Å². The van der Waals surface area contributed by atoms with Crippen LogP contribution in [0.25, 0.3) is 0 Å². The molecule has 3 N–H and O–H groups in total. The summed E-state index contributed by atoms with van der Waals surface area (Å²) in [5.41, 5.74) is -0.561. The molecule has 1 fully saturated rings. The van der Waals surface area contributed by atoms with Crippen molar-refractivity contribution in [1.82, 2.24) is 5.01 Å². The Balaban J connectivity index is 2.45. The van der Waals surface area contributed by atoms with E-state index < -0.39 is 5.60 Å². The zero-order valence-electron chi connectivity index (χ0n) is 6.67. The summed E-state index contributed by atoms with van der Waals surface area (Å²) in [7, 11) is 0. The van der Waals surface area contributed by atoms with Gasteiger partial charge < -0.3 is 5.11 Å². The lowest BCUT2D eigenvalue weighted by molar-refractivity contribution is 0.0210. The summed E-state index contributed by atoms with van der Waals surface area (Å²) in [5.74, 6) is 5.89. The Labute approximate surface area is 61.8 Å². The van der Waals surface area contributed by atoms with Crippen LogP contribution in [-0.2, 0) is 0 Å². The largest absolute Gasteiger partial charge is 0.390 e. The van der Waals surface area contributed by atoms with Gasteiger partial charge >= 0.3 is 0 Å². The Morgan fingerprint density at radius 1 is 1.60 bits per heavy atom. The zero-order chi connectivity index (χ0) is 7.78. The highest BCUT2D eigenvalue weighted by molar-refractivity contribution is 4.84. The maximum Gasteiger partial charge on any atom is 0.0633 e. The second-order valence-corrected chi connectivity index (χ2v) is 3.63. The smallest absolute Gasteiger partial charge is 0.0633 e. The molecule has 0 aromatic carbocycles. The van der Waals surface area contributed by atoms with Crippen molar-refractivity contribution in [3.63, 3.8) is 0 Å². The highest BCUT2D eigenvalue weighted by atomic mass is 16.3. The SMILES string of the molecule is CC(C)(O)[C@H]1CCN(N)C1. The van der Waals surface area contributed by atoms with E-state index in [9.17, 15) is 5.11 Å². The topological polar surface area (TPSA) is 49.5 Å². The van der Waals surface area contributed by atoms with E-state index in [-0.39, 0.29) is 0 Å². The number of nitrogens with zero attached hydrogens (tertiary/aromatic N) is 1. The van der Waals surface area contributed by atoms with Crippen LogP contribution in [0.3, 0.4) is 0 Å². The fourth-order valence-electron chi connectivity index (χ4n) is 1.36. The van der Waals surface area contributed by atoms with Crippen LogP contribution >= 0.6 is 0 Å². The van der Waals surface area contributed by atoms with Crippen LogP contribution < -0.4 is 5.84 Å². The fraction of sp³-hybridized carbons (Fsp3) is 1.00. The molecule has 0 bridgehead atoms. The first-order valence-electron chi connectivity index (χ1n) is 3.72. The van der Waals surface area contributed by atoms with Crippen molar-refractivity contribution in [1.29, 1.82) is 0 Å². The van der Waals surface area contributed by atoms with Crippen LogP contribution in [0.5, 0.6) is 0 Å². The average molecular weight is 144 g/mol. The van der Waals surface area contributed by atoms with Crippen LogP contribution in [0, 0.1) is 5.92 Å². The third kappa shape index (κ3) is 1.68. The van der Waals surface area contributed by atoms with Gasteiger partial charge in [0, 0.05) is 19.0 Å². The Morgan fingerprint density at radius 2 is 2.20 bits per heavy atom. The van der Waals surface area contributed by atoms with Gasteiger partial charge in [-0.1, -0.05) is 0 Å². The van der Waals surface area contributed by atoms with Crippen LogP contribution in [-0.4, -0.2) is 28.8 Å². The Kier molecular flexibility index (Phi) is 1.99. The van der Waals surface area contributed by atoms with Gasteiger partial charge in [-0.15, -0.1) is 0 Å². The molecule has 0 amide bonds. The van der Waals surface area contributed by atoms with Crippen LogP contribution in [0.1, 0.15) is 20.3 Å². The molecule has 0 radical (unpaired) electrons. The molecule has 1 rings (SSSR count). The van der Waals surface area contributed by atoms with E-state index >= 15 is 0 Å². The zero-order valence-corrected chi connectivity index (χ0v) is 6.67. The number of aliphatic hydroxyl groups is 1. The molecular weight excluding hydrogens is 128 g/mol. The highest BCUT2D eigenvalue weighted by Gasteiger charge is 2.31. The molecule has 3 heteroatoms. The lowest BCUT2D eigenvalue weighted by Crippen LogP contribution is -2.35. The van der Waals surface area contributed by atoms with E-state index in [0.717, 1.165) is 19.5 Å². The highest BCUT2D eigenvalue weighted by Crippen LogP contribution is 2.24. The van der Waals surface area contributed by atoms with Gasteiger partial charge in [0.1, 0.15) is 0 Å². The van der Waals surface area contributed by atoms with Crippen molar-refractivity contribution in [2.75, 3.05) is 13.1 Å². The average Bonchev–Trinajstić information content (AvgIpc) is 2.11. The first-order chi connectivity index (χ1) is 4.50. The maximum absolute atomic E-state index is 9.55. The quantitative estimate of drug-likeness (QED) is 0.507. The van der Waals surface area contributed by atoms with Crippen LogP contribution in [0.15, 0.2) is 0 Å². The predicted molar refractivity (Wildman–Crippen MR) is 40.2 cm³/mol. The van der Waals surface area contributed by atoms with E-state index in [2.05, 4.69) is 0 Å². The molecule has 1 heterocycles. The summed E-state index contributed by atoms with van der Waals surface area (Å²) in [6, 6.07) is 0. The minimum absolute atomic E-state index is 0.345. The van der Waals surface area contributed by atoms with Crippen molar-refractivity contribution in [2.45, 2.75) is 25.9 Å². The van der Waals surface area contributed by atoms with Gasteiger partial charge in [0.15, 0.2) is 0 Å². The van der Waals surface area contributed by atoms with E-state index in [1.54, 1.807) is 5.01 Å². The number of nitrogens with two attached hydrogens (primary N) is 1. The molecule has 0 saturated carbocycles. The van der Waals surface area contributed by atoms with Gasteiger partial charge in [-0.3, -0.25) is 5.84 Å². The molecule has 1 atom stereocenters. The third-order valence-electron chi connectivity index (χ3n) is 2.22. The lowest BCUT2D eigenvalue weighted by Gasteiger charge is -2.24. The van der Waals surface area contributed by atoms with Gasteiger partial charge in [-0.05, 0) is 20.3 Å². The summed E-state index contributed by atoms with van der Waals surface area (Å²) in [4.78, 5) is 0. The van der Waals surface area contributed by atoms with Crippen molar-refractivity contribution in [3.05, 3.63) is 0 Å². The molecule has 0 aromatic heterocycles. The molecule has 0 unspecified atom stereocenters. The number of hydrazine groups is 1. The van der Waals surface area contributed by atoms with Crippen LogP contribution in [0.2, 0.25) is 0 Å².